The molecule has 1 fully saturated rings. The summed E-state index contributed by atoms with van der Waals surface area (Å²) in [4.78, 5) is 18.5. The van der Waals surface area contributed by atoms with Crippen molar-refractivity contribution in [3.8, 4) is 5.75 Å². The van der Waals surface area contributed by atoms with Crippen molar-refractivity contribution in [3.63, 3.8) is 0 Å². The third-order valence-corrected chi connectivity index (χ3v) is 4.56. The molecule has 1 aromatic carbocycles. The number of hydrogen-bond donors (Lipinski definition) is 1. The maximum Gasteiger partial charge on any atom is 0.286 e. The molecule has 2 aliphatic rings. The van der Waals surface area contributed by atoms with Gasteiger partial charge >= 0.3 is 0 Å². The van der Waals surface area contributed by atoms with Crippen LogP contribution < -0.4 is 0 Å². The van der Waals surface area contributed by atoms with Crippen molar-refractivity contribution in [3.05, 3.63) is 34.5 Å². The summed E-state index contributed by atoms with van der Waals surface area (Å²) in [5.74, 6) is -0.833. The number of aromatic hydroxyl groups is 1. The summed E-state index contributed by atoms with van der Waals surface area (Å²) < 4.78 is 13.2. The Morgan fingerprint density at radius 1 is 1.29 bits per heavy atom. The number of likely N-dealkylation sites (tertiary alicyclic amines) is 1. The van der Waals surface area contributed by atoms with Crippen LogP contribution in [-0.2, 0) is 4.79 Å². The smallest absolute Gasteiger partial charge is 0.286 e. The molecular weight excluding hydrogens is 291 g/mol. The largest absolute Gasteiger partial charge is 0.507 e. The molecule has 0 unspecified atom stereocenters. The predicted octanol–water partition coefficient (Wildman–Crippen LogP) is 2.99. The fourth-order valence-electron chi connectivity index (χ4n) is 2.40. The monoisotopic (exact) mass is 306 g/mol. The lowest BCUT2D eigenvalue weighted by Crippen LogP contribution is -2.33. The molecule has 110 valence electrons. The van der Waals surface area contributed by atoms with Gasteiger partial charge in [0.15, 0.2) is 5.17 Å². The van der Waals surface area contributed by atoms with E-state index in [9.17, 15) is 14.3 Å². The van der Waals surface area contributed by atoms with Gasteiger partial charge in [0.2, 0.25) is 0 Å². The Hall–Kier alpha value is -1.82. The number of hydrogen-bond acceptors (Lipinski definition) is 4. The molecule has 0 bridgehead atoms. The van der Waals surface area contributed by atoms with Crippen LogP contribution in [0.5, 0.6) is 5.75 Å². The van der Waals surface area contributed by atoms with Crippen LogP contribution in [0, 0.1) is 5.82 Å². The van der Waals surface area contributed by atoms with E-state index in [1.807, 2.05) is 0 Å². The van der Waals surface area contributed by atoms with Gasteiger partial charge in [-0.3, -0.25) is 4.79 Å². The first-order chi connectivity index (χ1) is 10.1. The Labute approximate surface area is 126 Å². The fourth-order valence-corrected chi connectivity index (χ4v) is 3.36. The van der Waals surface area contributed by atoms with E-state index in [-0.39, 0.29) is 11.7 Å². The maximum atomic E-state index is 13.2. The van der Waals surface area contributed by atoms with Gasteiger partial charge in [0.1, 0.15) is 11.6 Å². The molecule has 3 rings (SSSR count). The van der Waals surface area contributed by atoms with Gasteiger partial charge in [-0.05, 0) is 55.3 Å². The van der Waals surface area contributed by atoms with Crippen molar-refractivity contribution in [2.45, 2.75) is 19.3 Å². The van der Waals surface area contributed by atoms with Gasteiger partial charge in [0.25, 0.3) is 5.91 Å². The Morgan fingerprint density at radius 2 is 2.05 bits per heavy atom. The van der Waals surface area contributed by atoms with E-state index in [0.29, 0.717) is 15.6 Å². The number of carbonyl (C=O) groups excluding carboxylic acids is 1. The molecule has 21 heavy (non-hydrogen) atoms. The van der Waals surface area contributed by atoms with Crippen molar-refractivity contribution in [1.82, 2.24) is 4.90 Å². The lowest BCUT2D eigenvalue weighted by Gasteiger charge is -2.27. The highest BCUT2D eigenvalue weighted by Crippen LogP contribution is 2.33. The minimum Gasteiger partial charge on any atom is -0.507 e. The number of halogens is 1. The highest BCUT2D eigenvalue weighted by atomic mass is 32.2. The molecule has 1 saturated heterocycles. The molecule has 2 aliphatic heterocycles. The number of piperidine rings is 1. The normalized spacial score (nSPS) is 21.0. The summed E-state index contributed by atoms with van der Waals surface area (Å²) in [5.41, 5.74) is 0.293. The number of phenolic OH excluding ortho intramolecular Hbond substituents is 1. The summed E-state index contributed by atoms with van der Waals surface area (Å²) in [6.45, 7) is 1.83. The number of carbonyl (C=O) groups is 1. The first-order valence-corrected chi connectivity index (χ1v) is 7.71. The van der Waals surface area contributed by atoms with E-state index in [0.717, 1.165) is 25.9 Å². The zero-order chi connectivity index (χ0) is 14.8. The molecule has 6 heteroatoms. The number of amidine groups is 1. The van der Waals surface area contributed by atoms with E-state index >= 15 is 0 Å². The Bertz CT molecular complexity index is 637. The van der Waals surface area contributed by atoms with Crippen LogP contribution >= 0.6 is 11.8 Å². The summed E-state index contributed by atoms with van der Waals surface area (Å²) in [7, 11) is 0. The molecule has 0 saturated carbocycles. The maximum absolute atomic E-state index is 13.2. The molecule has 0 radical (unpaired) electrons. The molecule has 1 amide bonds. The summed E-state index contributed by atoms with van der Waals surface area (Å²) >= 11 is 1.29. The third kappa shape index (κ3) is 3.10. The quantitative estimate of drug-likeness (QED) is 0.810. The molecule has 0 spiro atoms. The molecule has 2 heterocycles. The SMILES string of the molecule is O=C1N=C(N2CCCCC2)S/C1=C\c1cc(F)ccc1O. The van der Waals surface area contributed by atoms with Crippen LogP contribution in [0.3, 0.4) is 0 Å². The first kappa shape index (κ1) is 14.1. The highest BCUT2D eigenvalue weighted by molar-refractivity contribution is 8.18. The van der Waals surface area contributed by atoms with E-state index in [1.165, 1.54) is 42.5 Å². The second-order valence-electron chi connectivity index (χ2n) is 5.06. The highest BCUT2D eigenvalue weighted by Gasteiger charge is 2.27. The molecule has 1 N–H and O–H groups in total. The number of phenols is 1. The van der Waals surface area contributed by atoms with E-state index < -0.39 is 5.82 Å². The molecule has 1 aromatic rings. The van der Waals surface area contributed by atoms with E-state index in [4.69, 9.17) is 0 Å². The van der Waals surface area contributed by atoms with Gasteiger partial charge in [-0.2, -0.15) is 4.99 Å². The number of thioether (sulfide) groups is 1. The van der Waals surface area contributed by atoms with Gasteiger partial charge in [-0.25, -0.2) is 4.39 Å². The standard InChI is InChI=1S/C15H15FN2O2S/c16-11-4-5-12(19)10(8-11)9-13-14(20)17-15(21-13)18-6-2-1-3-7-18/h4-5,8-9,19H,1-3,6-7H2/b13-9-. The van der Waals surface area contributed by atoms with Crippen molar-refractivity contribution >= 4 is 28.9 Å². The van der Waals surface area contributed by atoms with Crippen LogP contribution in [0.4, 0.5) is 4.39 Å². The lowest BCUT2D eigenvalue weighted by atomic mass is 10.1. The zero-order valence-electron chi connectivity index (χ0n) is 11.4. The van der Waals surface area contributed by atoms with Gasteiger partial charge < -0.3 is 10.0 Å². The van der Waals surface area contributed by atoms with Crippen LogP contribution in [0.2, 0.25) is 0 Å². The molecule has 4 nitrogen and oxygen atoms in total. The number of benzene rings is 1. The average Bonchev–Trinajstić information content (AvgIpc) is 2.85. The average molecular weight is 306 g/mol. The van der Waals surface area contributed by atoms with Crippen molar-refractivity contribution in [2.24, 2.45) is 4.99 Å². The number of aliphatic imine (C=N–C) groups is 1. The minimum atomic E-state index is -0.452. The summed E-state index contributed by atoms with van der Waals surface area (Å²) in [6, 6.07) is 3.66. The number of nitrogens with zero attached hydrogens (tertiary/aromatic N) is 2. The molecule has 0 aliphatic carbocycles. The first-order valence-electron chi connectivity index (χ1n) is 6.89. The lowest BCUT2D eigenvalue weighted by molar-refractivity contribution is -0.113. The Morgan fingerprint density at radius 3 is 2.81 bits per heavy atom. The second-order valence-corrected chi connectivity index (χ2v) is 6.07. The molecule has 0 atom stereocenters. The van der Waals surface area contributed by atoms with Crippen LogP contribution in [-0.4, -0.2) is 34.2 Å². The third-order valence-electron chi connectivity index (χ3n) is 3.51. The predicted molar refractivity (Wildman–Crippen MR) is 81.5 cm³/mol. The van der Waals surface area contributed by atoms with Crippen LogP contribution in [0.15, 0.2) is 28.1 Å². The van der Waals surface area contributed by atoms with Crippen LogP contribution in [0.1, 0.15) is 24.8 Å². The van der Waals surface area contributed by atoms with Gasteiger partial charge in [-0.1, -0.05) is 0 Å². The van der Waals surface area contributed by atoms with Crippen molar-refractivity contribution < 1.29 is 14.3 Å². The topological polar surface area (TPSA) is 52.9 Å². The summed E-state index contributed by atoms with van der Waals surface area (Å²) in [6.07, 6.45) is 4.92. The number of amides is 1. The molecular formula is C15H15FN2O2S. The Kier molecular flexibility index (Phi) is 3.96. The van der Waals surface area contributed by atoms with Gasteiger partial charge in [-0.15, -0.1) is 0 Å². The van der Waals surface area contributed by atoms with Crippen molar-refractivity contribution in [1.29, 1.82) is 0 Å². The summed E-state index contributed by atoms with van der Waals surface area (Å²) in [5, 5.41) is 10.4. The van der Waals surface area contributed by atoms with E-state index in [1.54, 1.807) is 0 Å². The minimum absolute atomic E-state index is 0.0521. The zero-order valence-corrected chi connectivity index (χ0v) is 12.2. The van der Waals surface area contributed by atoms with E-state index in [2.05, 4.69) is 9.89 Å². The second kappa shape index (κ2) is 5.89. The van der Waals surface area contributed by atoms with Gasteiger partial charge in [0, 0.05) is 18.7 Å². The number of rotatable bonds is 1. The molecule has 0 aromatic heterocycles. The Balaban J connectivity index is 1.80. The van der Waals surface area contributed by atoms with Gasteiger partial charge in [0.05, 0.1) is 4.91 Å². The van der Waals surface area contributed by atoms with Crippen LogP contribution in [0.25, 0.3) is 6.08 Å². The van der Waals surface area contributed by atoms with Crippen molar-refractivity contribution in [2.75, 3.05) is 13.1 Å². The fraction of sp³-hybridized carbons (Fsp3) is 0.333.